The molecule has 2 aromatic rings. The van der Waals surface area contributed by atoms with Crippen molar-refractivity contribution in [3.63, 3.8) is 0 Å². The molecule has 3 rings (SSSR count). The summed E-state index contributed by atoms with van der Waals surface area (Å²) >= 11 is 0. The Hall–Kier alpha value is -1.91. The molecule has 0 aromatic carbocycles. The zero-order valence-electron chi connectivity index (χ0n) is 14.7. The molecule has 1 atom stereocenters. The van der Waals surface area contributed by atoms with Crippen molar-refractivity contribution in [2.45, 2.75) is 53.0 Å². The molecule has 5 nitrogen and oxygen atoms in total. The Kier molecular flexibility index (Phi) is 3.90. The van der Waals surface area contributed by atoms with Crippen molar-refractivity contribution >= 4 is 16.9 Å². The van der Waals surface area contributed by atoms with E-state index in [1.165, 1.54) is 0 Å². The number of pyridine rings is 1. The summed E-state index contributed by atoms with van der Waals surface area (Å²) in [4.78, 5) is 23.6. The number of nitrogens with zero attached hydrogens (tertiary/aromatic N) is 4. The Morgan fingerprint density at radius 2 is 2.09 bits per heavy atom. The van der Waals surface area contributed by atoms with Gasteiger partial charge in [0.05, 0.1) is 17.2 Å². The lowest BCUT2D eigenvalue weighted by molar-refractivity contribution is -0.138. The van der Waals surface area contributed by atoms with E-state index < -0.39 is 0 Å². The quantitative estimate of drug-likeness (QED) is 0.854. The molecule has 1 fully saturated rings. The zero-order chi connectivity index (χ0) is 16.8. The first-order chi connectivity index (χ1) is 10.8. The number of hydrogen-bond acceptors (Lipinski definition) is 3. The van der Waals surface area contributed by atoms with Crippen molar-refractivity contribution in [1.29, 1.82) is 0 Å². The monoisotopic (exact) mass is 314 g/mol. The molecule has 1 saturated heterocycles. The number of carbonyl (C=O) groups excluding carboxylic acids is 1. The third-order valence-electron chi connectivity index (χ3n) is 4.52. The molecule has 1 aliphatic heterocycles. The van der Waals surface area contributed by atoms with Gasteiger partial charge in [0.25, 0.3) is 0 Å². The fourth-order valence-electron chi connectivity index (χ4n) is 3.42. The third-order valence-corrected chi connectivity index (χ3v) is 4.52. The van der Waals surface area contributed by atoms with Gasteiger partial charge < -0.3 is 9.47 Å². The van der Waals surface area contributed by atoms with Crippen LogP contribution in [-0.4, -0.2) is 38.4 Å². The van der Waals surface area contributed by atoms with Crippen LogP contribution in [0.15, 0.2) is 18.5 Å². The summed E-state index contributed by atoms with van der Waals surface area (Å²) in [6, 6.07) is 2.29. The molecule has 1 amide bonds. The molecule has 23 heavy (non-hydrogen) atoms. The maximum absolute atomic E-state index is 12.5. The van der Waals surface area contributed by atoms with E-state index in [-0.39, 0.29) is 11.3 Å². The van der Waals surface area contributed by atoms with Crippen LogP contribution >= 0.6 is 0 Å². The first kappa shape index (κ1) is 16.0. The number of aromatic nitrogens is 3. The Labute approximate surface area is 137 Å². The summed E-state index contributed by atoms with van der Waals surface area (Å²) in [5.74, 6) is 1.62. The average Bonchev–Trinajstić information content (AvgIpc) is 3.09. The van der Waals surface area contributed by atoms with Gasteiger partial charge in [-0.3, -0.25) is 9.78 Å². The number of carbonyl (C=O) groups is 1. The smallest absolute Gasteiger partial charge is 0.227 e. The lowest BCUT2D eigenvalue weighted by Gasteiger charge is -2.25. The van der Waals surface area contributed by atoms with E-state index in [1.54, 1.807) is 6.20 Å². The van der Waals surface area contributed by atoms with Gasteiger partial charge in [0.2, 0.25) is 5.91 Å². The number of amides is 1. The largest absolute Gasteiger partial charge is 0.341 e. The van der Waals surface area contributed by atoms with Gasteiger partial charge in [0, 0.05) is 36.7 Å². The van der Waals surface area contributed by atoms with Crippen molar-refractivity contribution < 1.29 is 4.79 Å². The first-order valence-corrected chi connectivity index (χ1v) is 8.40. The number of imidazole rings is 1. The second-order valence-corrected chi connectivity index (χ2v) is 7.78. The summed E-state index contributed by atoms with van der Waals surface area (Å²) in [6.45, 7) is 11.9. The van der Waals surface area contributed by atoms with Crippen LogP contribution in [0.1, 0.15) is 58.8 Å². The van der Waals surface area contributed by atoms with Gasteiger partial charge in [-0.25, -0.2) is 4.98 Å². The molecule has 0 bridgehead atoms. The number of likely N-dealkylation sites (tertiary alicyclic amines) is 1. The first-order valence-electron chi connectivity index (χ1n) is 8.40. The standard InChI is InChI=1S/C18H26N4O/c1-12(2)22-15-10-19-8-6-14(15)20-16(22)13-7-9-21(11-13)17(23)18(3,4)5/h6,8,10,12-13H,7,9,11H2,1-5H3/t13-/m1/s1. The minimum atomic E-state index is -0.322. The van der Waals surface area contributed by atoms with Crippen molar-refractivity contribution in [3.8, 4) is 0 Å². The van der Waals surface area contributed by atoms with Gasteiger partial charge >= 0.3 is 0 Å². The minimum absolute atomic E-state index is 0.230. The van der Waals surface area contributed by atoms with Crippen LogP contribution in [0.3, 0.4) is 0 Å². The summed E-state index contributed by atoms with van der Waals surface area (Å²) in [5, 5.41) is 0. The number of hydrogen-bond donors (Lipinski definition) is 0. The Morgan fingerprint density at radius 1 is 1.35 bits per heavy atom. The molecule has 3 heterocycles. The number of rotatable bonds is 2. The lowest BCUT2D eigenvalue weighted by Crippen LogP contribution is -2.37. The lowest BCUT2D eigenvalue weighted by atomic mass is 9.95. The molecule has 2 aromatic heterocycles. The van der Waals surface area contributed by atoms with Crippen LogP contribution in [0.4, 0.5) is 0 Å². The highest BCUT2D eigenvalue weighted by molar-refractivity contribution is 5.82. The average molecular weight is 314 g/mol. The van der Waals surface area contributed by atoms with Crippen LogP contribution < -0.4 is 0 Å². The van der Waals surface area contributed by atoms with Crippen molar-refractivity contribution in [1.82, 2.24) is 19.4 Å². The van der Waals surface area contributed by atoms with Crippen molar-refractivity contribution in [2.24, 2.45) is 5.41 Å². The second-order valence-electron chi connectivity index (χ2n) is 7.78. The maximum atomic E-state index is 12.5. The maximum Gasteiger partial charge on any atom is 0.227 e. The summed E-state index contributed by atoms with van der Waals surface area (Å²) in [6.07, 6.45) is 4.65. The van der Waals surface area contributed by atoms with Gasteiger partial charge in [0.1, 0.15) is 5.82 Å². The number of fused-ring (bicyclic) bond motifs is 1. The van der Waals surface area contributed by atoms with Gasteiger partial charge in [-0.2, -0.15) is 0 Å². The molecule has 0 unspecified atom stereocenters. The van der Waals surface area contributed by atoms with Crippen LogP contribution in [0.25, 0.3) is 11.0 Å². The predicted octanol–water partition coefficient (Wildman–Crippen LogP) is 3.37. The van der Waals surface area contributed by atoms with Crippen molar-refractivity contribution in [3.05, 3.63) is 24.3 Å². The summed E-state index contributed by atoms with van der Waals surface area (Å²) in [7, 11) is 0. The molecule has 1 aliphatic rings. The third kappa shape index (κ3) is 2.84. The van der Waals surface area contributed by atoms with E-state index in [4.69, 9.17) is 4.98 Å². The highest BCUT2D eigenvalue weighted by atomic mass is 16.2. The van der Waals surface area contributed by atoms with Crippen LogP contribution in [0.5, 0.6) is 0 Å². The topological polar surface area (TPSA) is 51.0 Å². The van der Waals surface area contributed by atoms with E-state index >= 15 is 0 Å². The Balaban J connectivity index is 1.93. The second kappa shape index (κ2) is 5.62. The normalized spacial score (nSPS) is 19.0. The highest BCUT2D eigenvalue weighted by Gasteiger charge is 2.35. The molecule has 0 N–H and O–H groups in total. The SMILES string of the molecule is CC(C)n1c([C@@H]2CCN(C(=O)C(C)(C)C)C2)nc2ccncc21. The van der Waals surface area contributed by atoms with Gasteiger partial charge in [-0.1, -0.05) is 20.8 Å². The van der Waals surface area contributed by atoms with Crippen molar-refractivity contribution in [2.75, 3.05) is 13.1 Å². The van der Waals surface area contributed by atoms with Crippen LogP contribution in [0.2, 0.25) is 0 Å². The van der Waals surface area contributed by atoms with Gasteiger partial charge in [-0.05, 0) is 26.3 Å². The molecule has 124 valence electrons. The van der Waals surface area contributed by atoms with E-state index in [1.807, 2.05) is 37.9 Å². The Bertz CT molecular complexity index is 726. The molecule has 0 saturated carbocycles. The summed E-state index contributed by atoms with van der Waals surface area (Å²) < 4.78 is 2.28. The highest BCUT2D eigenvalue weighted by Crippen LogP contribution is 2.33. The molecule has 0 spiro atoms. The van der Waals surface area contributed by atoms with Gasteiger partial charge in [-0.15, -0.1) is 0 Å². The molecular formula is C18H26N4O. The van der Waals surface area contributed by atoms with E-state index in [0.29, 0.717) is 12.0 Å². The molecular weight excluding hydrogens is 288 g/mol. The molecule has 5 heteroatoms. The van der Waals surface area contributed by atoms with E-state index in [0.717, 1.165) is 36.4 Å². The van der Waals surface area contributed by atoms with Crippen LogP contribution in [0, 0.1) is 5.41 Å². The molecule has 0 aliphatic carbocycles. The fourth-order valence-corrected chi connectivity index (χ4v) is 3.42. The summed E-state index contributed by atoms with van der Waals surface area (Å²) in [5.41, 5.74) is 1.75. The minimum Gasteiger partial charge on any atom is -0.341 e. The molecule has 0 radical (unpaired) electrons. The zero-order valence-corrected chi connectivity index (χ0v) is 14.7. The predicted molar refractivity (Wildman–Crippen MR) is 91.3 cm³/mol. The fraction of sp³-hybridized carbons (Fsp3) is 0.611. The van der Waals surface area contributed by atoms with E-state index in [2.05, 4.69) is 23.4 Å². The van der Waals surface area contributed by atoms with E-state index in [9.17, 15) is 4.79 Å². The van der Waals surface area contributed by atoms with Crippen LogP contribution in [-0.2, 0) is 4.79 Å². The van der Waals surface area contributed by atoms with Gasteiger partial charge in [0.15, 0.2) is 0 Å². The Morgan fingerprint density at radius 3 is 2.74 bits per heavy atom.